The van der Waals surface area contributed by atoms with E-state index in [1.807, 2.05) is 12.1 Å². The molecule has 0 bridgehead atoms. The van der Waals surface area contributed by atoms with Crippen LogP contribution in [0.2, 0.25) is 10.0 Å². The van der Waals surface area contributed by atoms with Crippen molar-refractivity contribution in [3.63, 3.8) is 0 Å². The maximum absolute atomic E-state index is 13.7. The number of halogens is 3. The Labute approximate surface area is 122 Å². The molecule has 0 aliphatic rings. The Hall–Kier alpha value is -1.09. The Morgan fingerprint density at radius 3 is 2.47 bits per heavy atom. The van der Waals surface area contributed by atoms with E-state index in [9.17, 15) is 4.39 Å². The Bertz CT molecular complexity index is 572. The summed E-state index contributed by atoms with van der Waals surface area (Å²) in [5, 5.41) is 1.15. The van der Waals surface area contributed by atoms with Crippen LogP contribution in [0.3, 0.4) is 0 Å². The highest BCUT2D eigenvalue weighted by Crippen LogP contribution is 2.29. The minimum absolute atomic E-state index is 0.0262. The zero-order valence-electron chi connectivity index (χ0n) is 10.2. The van der Waals surface area contributed by atoms with Gasteiger partial charge in [-0.25, -0.2) is 4.39 Å². The van der Waals surface area contributed by atoms with Crippen LogP contribution in [0.1, 0.15) is 17.0 Å². The van der Waals surface area contributed by atoms with Gasteiger partial charge in [0.1, 0.15) is 5.82 Å². The predicted molar refractivity (Wildman–Crippen MR) is 78.4 cm³/mol. The van der Waals surface area contributed by atoms with Gasteiger partial charge in [-0.3, -0.25) is 0 Å². The van der Waals surface area contributed by atoms with Crippen molar-refractivity contribution in [1.29, 1.82) is 0 Å². The molecule has 1 atom stereocenters. The second-order valence-electron chi connectivity index (χ2n) is 4.39. The molecule has 0 aromatic heterocycles. The van der Waals surface area contributed by atoms with Gasteiger partial charge in [-0.05, 0) is 42.3 Å². The van der Waals surface area contributed by atoms with Crippen molar-refractivity contribution in [3.8, 4) is 0 Å². The first kappa shape index (κ1) is 14.3. The second kappa shape index (κ2) is 6.38. The summed E-state index contributed by atoms with van der Waals surface area (Å²) < 4.78 is 13.7. The summed E-state index contributed by atoms with van der Waals surface area (Å²) in [4.78, 5) is 0. The molecular weight excluding hydrogens is 284 g/mol. The summed E-state index contributed by atoms with van der Waals surface area (Å²) in [7, 11) is 0. The topological polar surface area (TPSA) is 26.0 Å². The molecule has 1 nitrogen and oxygen atoms in total. The van der Waals surface area contributed by atoms with E-state index in [2.05, 4.69) is 0 Å². The monoisotopic (exact) mass is 297 g/mol. The summed E-state index contributed by atoms with van der Waals surface area (Å²) in [6.07, 6.45) is 0.518. The van der Waals surface area contributed by atoms with Gasteiger partial charge in [0.2, 0.25) is 0 Å². The highest BCUT2D eigenvalue weighted by Gasteiger charge is 2.16. The van der Waals surface area contributed by atoms with Gasteiger partial charge < -0.3 is 5.73 Å². The lowest BCUT2D eigenvalue weighted by Gasteiger charge is -2.17. The van der Waals surface area contributed by atoms with E-state index >= 15 is 0 Å². The Morgan fingerprint density at radius 2 is 1.84 bits per heavy atom. The highest BCUT2D eigenvalue weighted by molar-refractivity contribution is 6.35. The minimum atomic E-state index is -0.217. The second-order valence-corrected chi connectivity index (χ2v) is 5.24. The van der Waals surface area contributed by atoms with E-state index in [4.69, 9.17) is 28.9 Å². The fraction of sp³-hybridized carbons (Fsp3) is 0.200. The molecule has 2 N–H and O–H groups in total. The molecule has 2 aromatic rings. The third-order valence-corrected chi connectivity index (χ3v) is 3.67. The number of hydrogen-bond donors (Lipinski definition) is 1. The average molecular weight is 298 g/mol. The predicted octanol–water partition coefficient (Wildman–Crippen LogP) is 4.42. The van der Waals surface area contributed by atoms with Crippen molar-refractivity contribution in [3.05, 3.63) is 69.5 Å². The maximum Gasteiger partial charge on any atom is 0.126 e. The number of rotatable bonds is 4. The van der Waals surface area contributed by atoms with E-state index in [1.165, 1.54) is 6.07 Å². The first-order valence-electron chi connectivity index (χ1n) is 6.00. The molecule has 0 heterocycles. The van der Waals surface area contributed by atoms with E-state index < -0.39 is 0 Å². The molecule has 0 radical (unpaired) electrons. The van der Waals surface area contributed by atoms with Crippen molar-refractivity contribution in [1.82, 2.24) is 0 Å². The standard InChI is InChI=1S/C15H14Cl2FN/c16-12-5-6-13(14(17)8-12)11(9-19)7-10-3-1-2-4-15(10)18/h1-6,8,11H,7,9,19H2. The van der Waals surface area contributed by atoms with Gasteiger partial charge in [0.15, 0.2) is 0 Å². The summed E-state index contributed by atoms with van der Waals surface area (Å²) >= 11 is 12.0. The zero-order chi connectivity index (χ0) is 13.8. The van der Waals surface area contributed by atoms with Crippen LogP contribution in [-0.4, -0.2) is 6.54 Å². The fourth-order valence-corrected chi connectivity index (χ4v) is 2.65. The van der Waals surface area contributed by atoms with Crippen LogP contribution in [0, 0.1) is 5.82 Å². The van der Waals surface area contributed by atoms with Gasteiger partial charge in [-0.2, -0.15) is 0 Å². The quantitative estimate of drug-likeness (QED) is 0.888. The molecular formula is C15H14Cl2FN. The zero-order valence-corrected chi connectivity index (χ0v) is 11.8. The van der Waals surface area contributed by atoms with Gasteiger partial charge in [-0.1, -0.05) is 47.5 Å². The molecule has 19 heavy (non-hydrogen) atoms. The minimum Gasteiger partial charge on any atom is -0.330 e. The molecule has 2 aromatic carbocycles. The number of hydrogen-bond acceptors (Lipinski definition) is 1. The van der Waals surface area contributed by atoms with Crippen LogP contribution in [0.5, 0.6) is 0 Å². The van der Waals surface area contributed by atoms with Gasteiger partial charge in [0.05, 0.1) is 0 Å². The van der Waals surface area contributed by atoms with Crippen molar-refractivity contribution in [2.75, 3.05) is 6.54 Å². The fourth-order valence-electron chi connectivity index (χ4n) is 2.08. The van der Waals surface area contributed by atoms with E-state index in [-0.39, 0.29) is 11.7 Å². The lowest BCUT2D eigenvalue weighted by molar-refractivity contribution is 0.590. The van der Waals surface area contributed by atoms with Gasteiger partial charge >= 0.3 is 0 Å². The molecule has 0 saturated heterocycles. The third-order valence-electron chi connectivity index (χ3n) is 3.11. The van der Waals surface area contributed by atoms with E-state index in [0.717, 1.165) is 5.56 Å². The molecule has 1 unspecified atom stereocenters. The SMILES string of the molecule is NCC(Cc1ccccc1F)c1ccc(Cl)cc1Cl. The largest absolute Gasteiger partial charge is 0.330 e. The first-order valence-corrected chi connectivity index (χ1v) is 6.76. The summed E-state index contributed by atoms with van der Waals surface area (Å²) in [6.45, 7) is 0.398. The van der Waals surface area contributed by atoms with Crippen molar-refractivity contribution < 1.29 is 4.39 Å². The average Bonchev–Trinajstić information content (AvgIpc) is 2.39. The van der Waals surface area contributed by atoms with Gasteiger partial charge in [0.25, 0.3) is 0 Å². The van der Waals surface area contributed by atoms with Crippen LogP contribution in [0.25, 0.3) is 0 Å². The van der Waals surface area contributed by atoms with Crippen molar-refractivity contribution >= 4 is 23.2 Å². The van der Waals surface area contributed by atoms with Crippen LogP contribution < -0.4 is 5.73 Å². The molecule has 0 aliphatic heterocycles. The van der Waals surface area contributed by atoms with Crippen LogP contribution in [0.15, 0.2) is 42.5 Å². The van der Waals surface area contributed by atoms with Crippen LogP contribution >= 0.6 is 23.2 Å². The third kappa shape index (κ3) is 3.47. The summed E-state index contributed by atoms with van der Waals surface area (Å²) in [5.41, 5.74) is 7.34. The summed E-state index contributed by atoms with van der Waals surface area (Å²) in [6, 6.07) is 12.0. The molecule has 0 saturated carbocycles. The van der Waals surface area contributed by atoms with E-state index in [1.54, 1.807) is 24.3 Å². The van der Waals surface area contributed by atoms with E-state index in [0.29, 0.717) is 28.6 Å². The van der Waals surface area contributed by atoms with Crippen molar-refractivity contribution in [2.45, 2.75) is 12.3 Å². The molecule has 2 rings (SSSR count). The molecule has 0 aliphatic carbocycles. The molecule has 0 spiro atoms. The lowest BCUT2D eigenvalue weighted by Crippen LogP contribution is -2.16. The molecule has 4 heteroatoms. The first-order chi connectivity index (χ1) is 9.11. The number of nitrogens with two attached hydrogens (primary N) is 1. The Balaban J connectivity index is 2.28. The number of benzene rings is 2. The van der Waals surface area contributed by atoms with Crippen LogP contribution in [0.4, 0.5) is 4.39 Å². The van der Waals surface area contributed by atoms with Gasteiger partial charge in [0, 0.05) is 16.0 Å². The molecule has 0 amide bonds. The molecule has 100 valence electrons. The van der Waals surface area contributed by atoms with Crippen LogP contribution in [-0.2, 0) is 6.42 Å². The Morgan fingerprint density at radius 1 is 1.11 bits per heavy atom. The maximum atomic E-state index is 13.7. The Kier molecular flexibility index (Phi) is 4.81. The highest BCUT2D eigenvalue weighted by atomic mass is 35.5. The lowest BCUT2D eigenvalue weighted by atomic mass is 9.92. The summed E-state index contributed by atoms with van der Waals surface area (Å²) in [5.74, 6) is -0.243. The smallest absolute Gasteiger partial charge is 0.126 e. The van der Waals surface area contributed by atoms with Crippen molar-refractivity contribution in [2.24, 2.45) is 5.73 Å². The van der Waals surface area contributed by atoms with Gasteiger partial charge in [-0.15, -0.1) is 0 Å². The normalized spacial score (nSPS) is 12.4. The molecule has 0 fully saturated rings.